The van der Waals surface area contributed by atoms with Gasteiger partial charge in [0, 0.05) is 19.8 Å². The van der Waals surface area contributed by atoms with Crippen molar-refractivity contribution in [2.24, 2.45) is 5.73 Å². The molecule has 2 rings (SSSR count). The minimum atomic E-state index is -0.145. The van der Waals surface area contributed by atoms with Gasteiger partial charge in [0.1, 0.15) is 5.82 Å². The fraction of sp³-hybridized carbons (Fsp3) is 0.571. The van der Waals surface area contributed by atoms with E-state index >= 15 is 0 Å². The smallest absolute Gasteiger partial charge is 0.123 e. The van der Waals surface area contributed by atoms with Crippen molar-refractivity contribution in [2.45, 2.75) is 31.1 Å². The summed E-state index contributed by atoms with van der Waals surface area (Å²) in [6.45, 7) is 0.670. The molecule has 0 aliphatic heterocycles. The first-order valence-electron chi connectivity index (χ1n) is 6.26. The van der Waals surface area contributed by atoms with E-state index < -0.39 is 0 Å². The van der Waals surface area contributed by atoms with E-state index in [-0.39, 0.29) is 11.2 Å². The van der Waals surface area contributed by atoms with Crippen LogP contribution >= 0.6 is 0 Å². The quantitative estimate of drug-likeness (QED) is 0.871. The third kappa shape index (κ3) is 2.16. The molecule has 0 atom stereocenters. The number of benzene rings is 1. The van der Waals surface area contributed by atoms with Crippen molar-refractivity contribution in [1.29, 1.82) is 0 Å². The van der Waals surface area contributed by atoms with Gasteiger partial charge in [0.2, 0.25) is 0 Å². The van der Waals surface area contributed by atoms with Crippen molar-refractivity contribution in [1.82, 2.24) is 0 Å². The topological polar surface area (TPSA) is 29.3 Å². The van der Waals surface area contributed by atoms with Crippen molar-refractivity contribution in [3.8, 4) is 0 Å². The molecule has 1 fully saturated rings. The van der Waals surface area contributed by atoms with Gasteiger partial charge in [-0.1, -0.05) is 6.42 Å². The van der Waals surface area contributed by atoms with E-state index in [4.69, 9.17) is 5.73 Å². The van der Waals surface area contributed by atoms with Crippen LogP contribution in [0, 0.1) is 5.82 Å². The van der Waals surface area contributed by atoms with Crippen LogP contribution in [0.3, 0.4) is 0 Å². The molecule has 0 unspecified atom stereocenters. The first-order valence-corrected chi connectivity index (χ1v) is 6.26. The molecular weight excluding hydrogens is 215 g/mol. The average molecular weight is 236 g/mol. The van der Waals surface area contributed by atoms with Crippen molar-refractivity contribution >= 4 is 5.69 Å². The van der Waals surface area contributed by atoms with E-state index in [0.717, 1.165) is 30.5 Å². The Morgan fingerprint density at radius 3 is 2.53 bits per heavy atom. The molecule has 1 aliphatic rings. The Morgan fingerprint density at radius 2 is 2.06 bits per heavy atom. The van der Waals surface area contributed by atoms with E-state index in [1.807, 2.05) is 20.2 Å². The molecule has 3 heteroatoms. The fourth-order valence-electron chi connectivity index (χ4n) is 2.86. The molecule has 94 valence electrons. The van der Waals surface area contributed by atoms with Gasteiger partial charge in [0.25, 0.3) is 0 Å². The second kappa shape index (κ2) is 4.65. The Balaban J connectivity index is 2.44. The number of halogens is 1. The Labute approximate surface area is 103 Å². The first-order chi connectivity index (χ1) is 8.09. The van der Waals surface area contributed by atoms with Crippen LogP contribution in [0.25, 0.3) is 0 Å². The van der Waals surface area contributed by atoms with E-state index in [2.05, 4.69) is 4.90 Å². The molecule has 1 aromatic rings. The van der Waals surface area contributed by atoms with Crippen LogP contribution < -0.4 is 10.6 Å². The van der Waals surface area contributed by atoms with Gasteiger partial charge in [-0.05, 0) is 55.0 Å². The molecule has 1 aromatic carbocycles. The zero-order valence-electron chi connectivity index (χ0n) is 10.7. The third-order valence-corrected chi connectivity index (χ3v) is 3.95. The predicted octanol–water partition coefficient (Wildman–Crippen LogP) is 2.66. The van der Waals surface area contributed by atoms with E-state index in [1.165, 1.54) is 12.5 Å². The lowest BCUT2D eigenvalue weighted by Crippen LogP contribution is -2.37. The highest BCUT2D eigenvalue weighted by Gasteiger charge is 2.39. The van der Waals surface area contributed by atoms with Crippen LogP contribution in [0.5, 0.6) is 0 Å². The van der Waals surface area contributed by atoms with Gasteiger partial charge in [-0.3, -0.25) is 0 Å². The van der Waals surface area contributed by atoms with Crippen LogP contribution in [0.4, 0.5) is 10.1 Å². The van der Waals surface area contributed by atoms with Crippen molar-refractivity contribution in [2.75, 3.05) is 25.5 Å². The van der Waals surface area contributed by atoms with E-state index in [0.29, 0.717) is 6.54 Å². The number of nitrogens with zero attached hydrogens (tertiary/aromatic N) is 1. The van der Waals surface area contributed by atoms with Crippen molar-refractivity contribution in [3.63, 3.8) is 0 Å². The van der Waals surface area contributed by atoms with Crippen LogP contribution in [0.15, 0.2) is 18.2 Å². The maximum absolute atomic E-state index is 13.5. The molecule has 1 saturated carbocycles. The average Bonchev–Trinajstić information content (AvgIpc) is 2.22. The first kappa shape index (κ1) is 12.4. The molecular formula is C14H21FN2. The second-order valence-corrected chi connectivity index (χ2v) is 5.23. The number of anilines is 1. The largest absolute Gasteiger partial charge is 0.377 e. The van der Waals surface area contributed by atoms with Gasteiger partial charge >= 0.3 is 0 Å². The summed E-state index contributed by atoms with van der Waals surface area (Å²) in [5, 5.41) is 0. The molecule has 0 aromatic heterocycles. The summed E-state index contributed by atoms with van der Waals surface area (Å²) in [6.07, 6.45) is 4.45. The Kier molecular flexibility index (Phi) is 3.38. The van der Waals surface area contributed by atoms with Crippen LogP contribution in [-0.4, -0.2) is 20.6 Å². The number of rotatable bonds is 4. The van der Waals surface area contributed by atoms with Crippen molar-refractivity contribution < 1.29 is 4.39 Å². The van der Waals surface area contributed by atoms with Gasteiger partial charge in [-0.2, -0.15) is 0 Å². The van der Waals surface area contributed by atoms with E-state index in [9.17, 15) is 4.39 Å². The molecule has 0 heterocycles. The summed E-state index contributed by atoms with van der Waals surface area (Å²) in [5.74, 6) is -0.145. The van der Waals surface area contributed by atoms with E-state index in [1.54, 1.807) is 6.07 Å². The standard InChI is InChI=1S/C14H21FN2/c1-17(2)13-5-4-11(15)10-12(13)14(8-9-16)6-3-7-14/h4-5,10H,3,6-9,16H2,1-2H3. The van der Waals surface area contributed by atoms with Crippen LogP contribution in [0.2, 0.25) is 0 Å². The lowest BCUT2D eigenvalue weighted by atomic mass is 9.62. The van der Waals surface area contributed by atoms with Crippen LogP contribution in [0.1, 0.15) is 31.2 Å². The summed E-state index contributed by atoms with van der Waals surface area (Å²) in [5.41, 5.74) is 8.10. The normalized spacial score (nSPS) is 17.6. The molecule has 0 amide bonds. The number of nitrogens with two attached hydrogens (primary N) is 1. The summed E-state index contributed by atoms with van der Waals surface area (Å²) >= 11 is 0. The Hall–Kier alpha value is -1.09. The fourth-order valence-corrected chi connectivity index (χ4v) is 2.86. The molecule has 1 aliphatic carbocycles. The molecule has 0 bridgehead atoms. The summed E-state index contributed by atoms with van der Waals surface area (Å²) in [4.78, 5) is 2.06. The molecule has 0 radical (unpaired) electrons. The minimum Gasteiger partial charge on any atom is -0.377 e. The maximum Gasteiger partial charge on any atom is 0.123 e. The van der Waals surface area contributed by atoms with Gasteiger partial charge < -0.3 is 10.6 Å². The zero-order chi connectivity index (χ0) is 12.5. The molecule has 2 nitrogen and oxygen atoms in total. The highest BCUT2D eigenvalue weighted by molar-refractivity contribution is 5.56. The Morgan fingerprint density at radius 1 is 1.35 bits per heavy atom. The maximum atomic E-state index is 13.5. The lowest BCUT2D eigenvalue weighted by Gasteiger charge is -2.44. The molecule has 0 spiro atoms. The third-order valence-electron chi connectivity index (χ3n) is 3.95. The van der Waals surface area contributed by atoms with Gasteiger partial charge in [0.15, 0.2) is 0 Å². The minimum absolute atomic E-state index is 0.121. The number of hydrogen-bond acceptors (Lipinski definition) is 2. The molecule has 0 saturated heterocycles. The summed E-state index contributed by atoms with van der Waals surface area (Å²) in [6, 6.07) is 5.11. The summed E-state index contributed by atoms with van der Waals surface area (Å²) in [7, 11) is 4.01. The Bertz CT molecular complexity index is 397. The predicted molar refractivity (Wildman–Crippen MR) is 69.9 cm³/mol. The van der Waals surface area contributed by atoms with Gasteiger partial charge in [-0.25, -0.2) is 4.39 Å². The monoisotopic (exact) mass is 236 g/mol. The highest BCUT2D eigenvalue weighted by atomic mass is 19.1. The zero-order valence-corrected chi connectivity index (χ0v) is 10.7. The highest BCUT2D eigenvalue weighted by Crippen LogP contribution is 2.49. The number of hydrogen-bond donors (Lipinski definition) is 1. The second-order valence-electron chi connectivity index (χ2n) is 5.23. The van der Waals surface area contributed by atoms with Gasteiger partial charge in [-0.15, -0.1) is 0 Å². The summed E-state index contributed by atoms with van der Waals surface area (Å²) < 4.78 is 13.5. The molecule has 17 heavy (non-hydrogen) atoms. The SMILES string of the molecule is CN(C)c1ccc(F)cc1C1(CCN)CCC1. The van der Waals surface area contributed by atoms with Crippen molar-refractivity contribution in [3.05, 3.63) is 29.6 Å². The van der Waals surface area contributed by atoms with Crippen LogP contribution in [-0.2, 0) is 5.41 Å². The lowest BCUT2D eigenvalue weighted by molar-refractivity contribution is 0.229. The van der Waals surface area contributed by atoms with Gasteiger partial charge in [0.05, 0.1) is 0 Å². The molecule has 2 N–H and O–H groups in total.